The molecule has 0 aliphatic heterocycles. The monoisotopic (exact) mass is 205 g/mol. The first-order valence-corrected chi connectivity index (χ1v) is 5.20. The molecule has 0 rings (SSSR count). The summed E-state index contributed by atoms with van der Waals surface area (Å²) in [5.41, 5.74) is 10.1. The predicted octanol–water partition coefficient (Wildman–Crippen LogP) is -0.396. The molecule has 5 nitrogen and oxygen atoms in total. The number of urea groups is 1. The van der Waals surface area contributed by atoms with Crippen LogP contribution in [0.25, 0.3) is 0 Å². The molecule has 0 aromatic rings. The number of hydrogen-bond donors (Lipinski definition) is 2. The van der Waals surface area contributed by atoms with Crippen LogP contribution in [0.3, 0.4) is 0 Å². The summed E-state index contributed by atoms with van der Waals surface area (Å²) in [4.78, 5) is 22.8. The first-order valence-electron chi connectivity index (χ1n) is 3.81. The SMILES string of the molecule is CSCC[C@H](C(N)=O)N(C)C(N)=O. The lowest BCUT2D eigenvalue weighted by Crippen LogP contribution is -2.48. The quantitative estimate of drug-likeness (QED) is 0.640. The highest BCUT2D eigenvalue weighted by Crippen LogP contribution is 2.05. The van der Waals surface area contributed by atoms with E-state index < -0.39 is 18.0 Å². The molecule has 0 bridgehead atoms. The van der Waals surface area contributed by atoms with E-state index in [0.29, 0.717) is 6.42 Å². The molecule has 6 heteroatoms. The first-order chi connectivity index (χ1) is 6.00. The smallest absolute Gasteiger partial charge is 0.315 e. The fourth-order valence-electron chi connectivity index (χ4n) is 0.910. The van der Waals surface area contributed by atoms with E-state index in [1.54, 1.807) is 11.8 Å². The van der Waals surface area contributed by atoms with Crippen LogP contribution in [0.15, 0.2) is 0 Å². The Kier molecular flexibility index (Phi) is 5.29. The van der Waals surface area contributed by atoms with Gasteiger partial charge in [-0.15, -0.1) is 0 Å². The van der Waals surface area contributed by atoms with Gasteiger partial charge in [0.25, 0.3) is 0 Å². The van der Waals surface area contributed by atoms with Crippen molar-refractivity contribution in [3.05, 3.63) is 0 Å². The number of amides is 3. The van der Waals surface area contributed by atoms with Gasteiger partial charge in [-0.05, 0) is 18.4 Å². The van der Waals surface area contributed by atoms with E-state index in [4.69, 9.17) is 11.5 Å². The number of primary amides is 2. The molecule has 0 heterocycles. The summed E-state index contributed by atoms with van der Waals surface area (Å²) in [6.45, 7) is 0. The van der Waals surface area contributed by atoms with Crippen LogP contribution in [0, 0.1) is 0 Å². The maximum atomic E-state index is 10.9. The summed E-state index contributed by atoms with van der Waals surface area (Å²) in [5, 5.41) is 0. The van der Waals surface area contributed by atoms with Gasteiger partial charge in [0.2, 0.25) is 5.91 Å². The average Bonchev–Trinajstić information content (AvgIpc) is 2.04. The summed E-state index contributed by atoms with van der Waals surface area (Å²) in [6.07, 6.45) is 2.46. The number of nitrogens with zero attached hydrogens (tertiary/aromatic N) is 1. The van der Waals surface area contributed by atoms with E-state index in [1.807, 2.05) is 6.26 Å². The van der Waals surface area contributed by atoms with Gasteiger partial charge in [0.1, 0.15) is 6.04 Å². The van der Waals surface area contributed by atoms with Gasteiger partial charge in [-0.2, -0.15) is 11.8 Å². The minimum atomic E-state index is -0.634. The Balaban J connectivity index is 4.24. The van der Waals surface area contributed by atoms with Crippen molar-refractivity contribution in [2.45, 2.75) is 12.5 Å². The van der Waals surface area contributed by atoms with Crippen molar-refractivity contribution in [3.8, 4) is 0 Å². The number of thioether (sulfide) groups is 1. The van der Waals surface area contributed by atoms with Crippen molar-refractivity contribution in [2.75, 3.05) is 19.1 Å². The van der Waals surface area contributed by atoms with E-state index in [-0.39, 0.29) is 0 Å². The molecule has 0 saturated heterocycles. The molecule has 13 heavy (non-hydrogen) atoms. The van der Waals surface area contributed by atoms with Crippen molar-refractivity contribution in [1.82, 2.24) is 4.90 Å². The van der Waals surface area contributed by atoms with Gasteiger partial charge in [0.15, 0.2) is 0 Å². The minimum absolute atomic E-state index is 0.518. The number of nitrogens with two attached hydrogens (primary N) is 2. The summed E-state index contributed by atoms with van der Waals surface area (Å²) >= 11 is 1.59. The zero-order valence-electron chi connectivity index (χ0n) is 7.82. The highest BCUT2D eigenvalue weighted by Gasteiger charge is 2.22. The van der Waals surface area contributed by atoms with Gasteiger partial charge < -0.3 is 16.4 Å². The number of carbonyl (C=O) groups is 2. The highest BCUT2D eigenvalue weighted by molar-refractivity contribution is 7.98. The Hall–Kier alpha value is -0.910. The van der Waals surface area contributed by atoms with E-state index in [9.17, 15) is 9.59 Å². The number of hydrogen-bond acceptors (Lipinski definition) is 3. The second-order valence-electron chi connectivity index (χ2n) is 2.65. The molecular weight excluding hydrogens is 190 g/mol. The molecule has 0 unspecified atom stereocenters. The predicted molar refractivity (Wildman–Crippen MR) is 53.3 cm³/mol. The maximum absolute atomic E-state index is 10.9. The van der Waals surface area contributed by atoms with Gasteiger partial charge in [-0.1, -0.05) is 0 Å². The molecule has 0 aromatic carbocycles. The molecule has 0 aliphatic carbocycles. The van der Waals surface area contributed by atoms with Crippen LogP contribution in [0.5, 0.6) is 0 Å². The maximum Gasteiger partial charge on any atom is 0.315 e. The molecule has 4 N–H and O–H groups in total. The van der Waals surface area contributed by atoms with Crippen molar-refractivity contribution in [3.63, 3.8) is 0 Å². The van der Waals surface area contributed by atoms with E-state index in [0.717, 1.165) is 5.75 Å². The van der Waals surface area contributed by atoms with E-state index >= 15 is 0 Å². The molecule has 0 aliphatic rings. The number of likely N-dealkylation sites (N-methyl/N-ethyl adjacent to an activating group) is 1. The van der Waals surface area contributed by atoms with Crippen LogP contribution in [-0.2, 0) is 4.79 Å². The molecule has 0 fully saturated rings. The second-order valence-corrected chi connectivity index (χ2v) is 3.63. The third-order valence-corrected chi connectivity index (χ3v) is 2.38. The Bertz CT molecular complexity index is 198. The molecule has 0 radical (unpaired) electrons. The minimum Gasteiger partial charge on any atom is -0.368 e. The standard InChI is InChI=1S/C7H15N3O2S/c1-10(7(9)12)5(6(8)11)3-4-13-2/h5H,3-4H2,1-2H3,(H2,8,11)(H2,9,12)/t5-/m1/s1. The Morgan fingerprint density at radius 2 is 2.00 bits per heavy atom. The molecule has 0 spiro atoms. The zero-order valence-corrected chi connectivity index (χ0v) is 8.63. The first kappa shape index (κ1) is 12.1. The van der Waals surface area contributed by atoms with Crippen LogP contribution < -0.4 is 11.5 Å². The largest absolute Gasteiger partial charge is 0.368 e. The van der Waals surface area contributed by atoms with Gasteiger partial charge in [0.05, 0.1) is 0 Å². The fourth-order valence-corrected chi connectivity index (χ4v) is 1.37. The zero-order chi connectivity index (χ0) is 10.4. The van der Waals surface area contributed by atoms with E-state index in [2.05, 4.69) is 0 Å². The molecule has 0 aromatic heterocycles. The Morgan fingerprint density at radius 3 is 2.31 bits per heavy atom. The van der Waals surface area contributed by atoms with Crippen molar-refractivity contribution >= 4 is 23.7 Å². The van der Waals surface area contributed by atoms with Gasteiger partial charge >= 0.3 is 6.03 Å². The van der Waals surface area contributed by atoms with Crippen LogP contribution >= 0.6 is 11.8 Å². The third-order valence-electron chi connectivity index (χ3n) is 1.74. The Morgan fingerprint density at radius 1 is 1.46 bits per heavy atom. The fraction of sp³-hybridized carbons (Fsp3) is 0.714. The lowest BCUT2D eigenvalue weighted by molar-refractivity contribution is -0.121. The summed E-state index contributed by atoms with van der Waals surface area (Å²) in [6, 6.07) is -1.23. The normalized spacial score (nSPS) is 12.2. The Labute approximate surface area is 81.8 Å². The average molecular weight is 205 g/mol. The topological polar surface area (TPSA) is 89.4 Å². The van der Waals surface area contributed by atoms with Crippen molar-refractivity contribution < 1.29 is 9.59 Å². The van der Waals surface area contributed by atoms with Crippen molar-refractivity contribution in [1.29, 1.82) is 0 Å². The lowest BCUT2D eigenvalue weighted by Gasteiger charge is -2.23. The third kappa shape index (κ3) is 4.02. The molecular formula is C7H15N3O2S. The summed E-state index contributed by atoms with van der Waals surface area (Å²) in [7, 11) is 1.47. The summed E-state index contributed by atoms with van der Waals surface area (Å²) in [5.74, 6) is 0.251. The highest BCUT2D eigenvalue weighted by atomic mass is 32.2. The summed E-state index contributed by atoms with van der Waals surface area (Å²) < 4.78 is 0. The number of carbonyl (C=O) groups excluding carboxylic acids is 2. The molecule has 1 atom stereocenters. The van der Waals surface area contributed by atoms with Gasteiger partial charge in [-0.25, -0.2) is 4.79 Å². The van der Waals surface area contributed by atoms with E-state index in [1.165, 1.54) is 11.9 Å². The van der Waals surface area contributed by atoms with Crippen LogP contribution in [0.4, 0.5) is 4.79 Å². The lowest BCUT2D eigenvalue weighted by atomic mass is 10.2. The van der Waals surface area contributed by atoms with Gasteiger partial charge in [0, 0.05) is 7.05 Å². The molecule has 76 valence electrons. The van der Waals surface area contributed by atoms with Crippen LogP contribution in [0.2, 0.25) is 0 Å². The van der Waals surface area contributed by atoms with Crippen molar-refractivity contribution in [2.24, 2.45) is 11.5 Å². The molecule has 0 saturated carbocycles. The van der Waals surface area contributed by atoms with Gasteiger partial charge in [-0.3, -0.25) is 4.79 Å². The number of rotatable bonds is 5. The van der Waals surface area contributed by atoms with Crippen LogP contribution in [0.1, 0.15) is 6.42 Å². The second kappa shape index (κ2) is 5.69. The van der Waals surface area contributed by atoms with Crippen LogP contribution in [-0.4, -0.2) is 41.9 Å². The molecule has 3 amide bonds.